The lowest BCUT2D eigenvalue weighted by Gasteiger charge is -2.43. The van der Waals surface area contributed by atoms with Crippen LogP contribution in [0.2, 0.25) is 0 Å². The van der Waals surface area contributed by atoms with E-state index < -0.39 is 17.5 Å². The van der Waals surface area contributed by atoms with Crippen LogP contribution in [0.3, 0.4) is 0 Å². The van der Waals surface area contributed by atoms with Crippen molar-refractivity contribution >= 4 is 23.5 Å². The van der Waals surface area contributed by atoms with Crippen molar-refractivity contribution in [1.29, 1.82) is 0 Å². The monoisotopic (exact) mass is 411 g/mol. The van der Waals surface area contributed by atoms with E-state index in [4.69, 9.17) is 4.42 Å². The van der Waals surface area contributed by atoms with Crippen LogP contribution >= 0.6 is 0 Å². The van der Waals surface area contributed by atoms with Crippen molar-refractivity contribution in [2.45, 2.75) is 45.6 Å². The van der Waals surface area contributed by atoms with E-state index in [1.165, 1.54) is 6.39 Å². The van der Waals surface area contributed by atoms with Gasteiger partial charge in [-0.05, 0) is 48.8 Å². The summed E-state index contributed by atoms with van der Waals surface area (Å²) < 4.78 is 5.16. The highest BCUT2D eigenvalue weighted by Gasteiger charge is 2.56. The Labute approximate surface area is 174 Å². The fourth-order valence-electron chi connectivity index (χ4n) is 5.02. The Morgan fingerprint density at radius 1 is 1.33 bits per heavy atom. The SMILES string of the molecule is CC1CC(C)(C)CC2(C1)NC(=O)N(CC(=O)Nc1cccc(-c3nnco3)c1)C2=O. The molecular weight excluding hydrogens is 386 g/mol. The molecule has 1 saturated heterocycles. The van der Waals surface area contributed by atoms with Crippen molar-refractivity contribution in [1.82, 2.24) is 20.4 Å². The molecule has 2 fully saturated rings. The zero-order chi connectivity index (χ0) is 21.5. The fraction of sp³-hybridized carbons (Fsp3) is 0.476. The number of amides is 4. The lowest BCUT2D eigenvalue weighted by atomic mass is 9.64. The van der Waals surface area contributed by atoms with Crippen LogP contribution in [0, 0.1) is 11.3 Å². The van der Waals surface area contributed by atoms with Gasteiger partial charge >= 0.3 is 6.03 Å². The predicted molar refractivity (Wildman–Crippen MR) is 108 cm³/mol. The molecule has 9 nitrogen and oxygen atoms in total. The number of aromatic nitrogens is 2. The van der Waals surface area contributed by atoms with Gasteiger partial charge in [0.2, 0.25) is 18.2 Å². The Balaban J connectivity index is 1.46. The Morgan fingerprint density at radius 2 is 2.13 bits per heavy atom. The lowest BCUT2D eigenvalue weighted by molar-refractivity contribution is -0.136. The summed E-state index contributed by atoms with van der Waals surface area (Å²) in [6, 6.07) is 6.39. The molecule has 1 spiro atoms. The van der Waals surface area contributed by atoms with Crippen LogP contribution in [-0.4, -0.2) is 45.0 Å². The molecule has 4 amide bonds. The number of benzene rings is 1. The molecule has 2 unspecified atom stereocenters. The van der Waals surface area contributed by atoms with E-state index in [2.05, 4.69) is 41.6 Å². The first kappa shape index (κ1) is 20.1. The van der Waals surface area contributed by atoms with Crippen molar-refractivity contribution in [3.05, 3.63) is 30.7 Å². The molecule has 0 bridgehead atoms. The number of hydrogen-bond donors (Lipinski definition) is 2. The number of rotatable bonds is 4. The molecule has 4 rings (SSSR count). The van der Waals surface area contributed by atoms with Gasteiger partial charge in [0.15, 0.2) is 0 Å². The molecule has 1 aliphatic carbocycles. The van der Waals surface area contributed by atoms with E-state index in [1.54, 1.807) is 24.3 Å². The number of imide groups is 1. The molecule has 1 saturated carbocycles. The molecule has 30 heavy (non-hydrogen) atoms. The summed E-state index contributed by atoms with van der Waals surface area (Å²) in [6.45, 7) is 5.96. The predicted octanol–water partition coefficient (Wildman–Crippen LogP) is 2.81. The number of nitrogens with zero attached hydrogens (tertiary/aromatic N) is 3. The molecule has 1 aliphatic heterocycles. The number of hydrogen-bond acceptors (Lipinski definition) is 6. The zero-order valence-corrected chi connectivity index (χ0v) is 17.3. The molecule has 1 aromatic heterocycles. The van der Waals surface area contributed by atoms with Gasteiger partial charge in [-0.1, -0.05) is 26.8 Å². The van der Waals surface area contributed by atoms with Gasteiger partial charge in [-0.15, -0.1) is 10.2 Å². The standard InChI is InChI=1S/C21H25N5O4/c1-13-8-20(2,3)11-21(9-13)18(28)26(19(29)24-21)10-16(27)23-15-6-4-5-14(7-15)17-25-22-12-30-17/h4-7,12-13H,8-11H2,1-3H3,(H,23,27)(H,24,29). The molecule has 2 aliphatic rings. The second kappa shape index (κ2) is 7.23. The van der Waals surface area contributed by atoms with E-state index in [0.717, 1.165) is 11.3 Å². The van der Waals surface area contributed by atoms with Crippen LogP contribution in [0.25, 0.3) is 11.5 Å². The molecule has 2 atom stereocenters. The maximum Gasteiger partial charge on any atom is 0.325 e. The van der Waals surface area contributed by atoms with Gasteiger partial charge in [0, 0.05) is 11.3 Å². The van der Waals surface area contributed by atoms with Gasteiger partial charge in [0.1, 0.15) is 12.1 Å². The molecule has 2 heterocycles. The largest absolute Gasteiger partial charge is 0.423 e. The van der Waals surface area contributed by atoms with Gasteiger partial charge in [-0.2, -0.15) is 0 Å². The number of urea groups is 1. The fourth-order valence-corrected chi connectivity index (χ4v) is 5.02. The Hall–Kier alpha value is -3.23. The molecule has 9 heteroatoms. The molecule has 0 radical (unpaired) electrons. The third-order valence-corrected chi connectivity index (χ3v) is 5.68. The Bertz CT molecular complexity index is 987. The zero-order valence-electron chi connectivity index (χ0n) is 17.3. The highest BCUT2D eigenvalue weighted by atomic mass is 16.4. The van der Waals surface area contributed by atoms with E-state index >= 15 is 0 Å². The Kier molecular flexibility index (Phi) is 4.83. The summed E-state index contributed by atoms with van der Waals surface area (Å²) in [7, 11) is 0. The van der Waals surface area contributed by atoms with Crippen molar-refractivity contribution in [3.63, 3.8) is 0 Å². The summed E-state index contributed by atoms with van der Waals surface area (Å²) in [5.41, 5.74) is 0.173. The number of carbonyl (C=O) groups excluding carboxylic acids is 3. The highest BCUT2D eigenvalue weighted by Crippen LogP contribution is 2.46. The summed E-state index contributed by atoms with van der Waals surface area (Å²) >= 11 is 0. The number of anilines is 1. The normalized spacial score (nSPS) is 25.4. The van der Waals surface area contributed by atoms with Gasteiger partial charge < -0.3 is 15.1 Å². The van der Waals surface area contributed by atoms with Gasteiger partial charge in [-0.3, -0.25) is 14.5 Å². The average Bonchev–Trinajstić information content (AvgIpc) is 3.24. The minimum Gasteiger partial charge on any atom is -0.423 e. The first-order valence-corrected chi connectivity index (χ1v) is 9.98. The quantitative estimate of drug-likeness (QED) is 0.747. The highest BCUT2D eigenvalue weighted by molar-refractivity contribution is 6.10. The third kappa shape index (κ3) is 3.79. The molecule has 2 aromatic rings. The van der Waals surface area contributed by atoms with Crippen LogP contribution in [0.15, 0.2) is 35.1 Å². The van der Waals surface area contributed by atoms with Crippen molar-refractivity contribution in [2.24, 2.45) is 11.3 Å². The number of carbonyl (C=O) groups is 3. The minimum absolute atomic E-state index is 0.0614. The van der Waals surface area contributed by atoms with Crippen molar-refractivity contribution in [2.75, 3.05) is 11.9 Å². The summed E-state index contributed by atoms with van der Waals surface area (Å²) in [5.74, 6) is -0.140. The van der Waals surface area contributed by atoms with Crippen LogP contribution in [0.5, 0.6) is 0 Å². The van der Waals surface area contributed by atoms with Crippen LogP contribution < -0.4 is 10.6 Å². The first-order valence-electron chi connectivity index (χ1n) is 9.98. The summed E-state index contributed by atoms with van der Waals surface area (Å²) in [4.78, 5) is 39.3. The third-order valence-electron chi connectivity index (χ3n) is 5.68. The Morgan fingerprint density at radius 3 is 2.83 bits per heavy atom. The number of nitrogens with one attached hydrogen (secondary N) is 2. The minimum atomic E-state index is -0.920. The van der Waals surface area contributed by atoms with Crippen molar-refractivity contribution < 1.29 is 18.8 Å². The van der Waals surface area contributed by atoms with E-state index in [9.17, 15) is 14.4 Å². The maximum absolute atomic E-state index is 13.2. The van der Waals surface area contributed by atoms with E-state index in [0.29, 0.717) is 35.9 Å². The van der Waals surface area contributed by atoms with Gasteiger partial charge in [0.25, 0.3) is 5.91 Å². The second-order valence-electron chi connectivity index (χ2n) is 9.13. The molecule has 158 valence electrons. The van der Waals surface area contributed by atoms with E-state index in [-0.39, 0.29) is 17.9 Å². The maximum atomic E-state index is 13.2. The second-order valence-corrected chi connectivity index (χ2v) is 9.13. The summed E-state index contributed by atoms with van der Waals surface area (Å²) in [5, 5.41) is 13.1. The van der Waals surface area contributed by atoms with E-state index in [1.807, 2.05) is 0 Å². The van der Waals surface area contributed by atoms with Gasteiger partial charge in [-0.25, -0.2) is 4.79 Å². The van der Waals surface area contributed by atoms with Crippen molar-refractivity contribution in [3.8, 4) is 11.5 Å². The van der Waals surface area contributed by atoms with Crippen LogP contribution in [0.1, 0.15) is 40.0 Å². The topological polar surface area (TPSA) is 117 Å². The smallest absolute Gasteiger partial charge is 0.325 e. The van der Waals surface area contributed by atoms with Gasteiger partial charge in [0.05, 0.1) is 0 Å². The summed E-state index contributed by atoms with van der Waals surface area (Å²) in [6.07, 6.45) is 3.38. The molecule has 2 N–H and O–H groups in total. The van der Waals surface area contributed by atoms with Crippen LogP contribution in [-0.2, 0) is 9.59 Å². The van der Waals surface area contributed by atoms with Crippen LogP contribution in [0.4, 0.5) is 10.5 Å². The molecular formula is C21H25N5O4. The molecule has 1 aromatic carbocycles. The lowest BCUT2D eigenvalue weighted by Crippen LogP contribution is -2.54. The average molecular weight is 411 g/mol. The first-order chi connectivity index (χ1) is 14.2.